The number of methoxy groups -OCH3 is 1. The molecule has 1 saturated heterocycles. The summed E-state index contributed by atoms with van der Waals surface area (Å²) in [6.07, 6.45) is 1.83. The van der Waals surface area contributed by atoms with Crippen LogP contribution in [-0.2, 0) is 6.54 Å². The topological polar surface area (TPSA) is 37.4 Å². The van der Waals surface area contributed by atoms with Crippen molar-refractivity contribution in [2.75, 3.05) is 7.11 Å². The van der Waals surface area contributed by atoms with E-state index in [1.165, 1.54) is 10.4 Å². The summed E-state index contributed by atoms with van der Waals surface area (Å²) in [5.74, 6) is 0.853. The summed E-state index contributed by atoms with van der Waals surface area (Å²) in [5.41, 5.74) is 2.17. The second kappa shape index (κ2) is 7.96. The van der Waals surface area contributed by atoms with Gasteiger partial charge in [-0.2, -0.15) is 0 Å². The Kier molecular flexibility index (Phi) is 5.43. The van der Waals surface area contributed by atoms with Gasteiger partial charge in [0, 0.05) is 27.5 Å². The molecule has 3 aromatic rings. The van der Waals surface area contributed by atoms with E-state index in [1.807, 2.05) is 36.5 Å². The number of rotatable bonds is 5. The van der Waals surface area contributed by atoms with Crippen LogP contribution < -0.4 is 10.1 Å². The van der Waals surface area contributed by atoms with Crippen LogP contribution in [0.1, 0.15) is 28.2 Å². The van der Waals surface area contributed by atoms with Gasteiger partial charge < -0.3 is 15.0 Å². The highest BCUT2D eigenvalue weighted by Crippen LogP contribution is 2.42. The maximum absolute atomic E-state index is 5.70. The van der Waals surface area contributed by atoms with Crippen molar-refractivity contribution in [1.29, 1.82) is 0 Å². The lowest BCUT2D eigenvalue weighted by molar-refractivity contribution is 0.315. The van der Waals surface area contributed by atoms with Gasteiger partial charge in [0.1, 0.15) is 5.75 Å². The minimum Gasteiger partial charge on any atom is -0.497 e. The molecule has 0 bridgehead atoms. The Morgan fingerprint density at radius 3 is 2.70 bits per heavy atom. The van der Waals surface area contributed by atoms with Crippen LogP contribution in [0, 0.1) is 0 Å². The first-order valence-corrected chi connectivity index (χ1v) is 10.6. The standard InChI is InChI=1S/C20H18BrN3OS2/c1-25-15-7-5-13(6-8-15)11-24-19(17-10-14(21)12-27-17)18(23-20(24)26)16-4-2-3-9-22-16/h2-10,12,18-19H,11H2,1H3,(H,23,26)/t18-,19-/m0/s1. The summed E-state index contributed by atoms with van der Waals surface area (Å²) in [6.45, 7) is 0.722. The van der Waals surface area contributed by atoms with Crippen molar-refractivity contribution in [2.45, 2.75) is 18.6 Å². The smallest absolute Gasteiger partial charge is 0.170 e. The second-order valence-electron chi connectivity index (χ2n) is 6.27. The first kappa shape index (κ1) is 18.4. The van der Waals surface area contributed by atoms with Crippen LogP contribution >= 0.6 is 39.5 Å². The minimum atomic E-state index is 0.0162. The number of halogens is 1. The molecule has 0 saturated carbocycles. The van der Waals surface area contributed by atoms with Gasteiger partial charge in [-0.15, -0.1) is 11.3 Å². The lowest BCUT2D eigenvalue weighted by Gasteiger charge is -2.27. The molecule has 27 heavy (non-hydrogen) atoms. The van der Waals surface area contributed by atoms with Crippen LogP contribution in [0.3, 0.4) is 0 Å². The van der Waals surface area contributed by atoms with Gasteiger partial charge >= 0.3 is 0 Å². The van der Waals surface area contributed by atoms with Crippen LogP contribution in [0.4, 0.5) is 0 Å². The normalized spacial score (nSPS) is 19.2. The predicted molar refractivity (Wildman–Crippen MR) is 116 cm³/mol. The first-order valence-electron chi connectivity index (χ1n) is 8.50. The van der Waals surface area contributed by atoms with Crippen LogP contribution in [0.25, 0.3) is 0 Å². The number of pyridine rings is 1. The maximum Gasteiger partial charge on any atom is 0.170 e. The lowest BCUT2D eigenvalue weighted by Crippen LogP contribution is -2.28. The van der Waals surface area contributed by atoms with Gasteiger partial charge in [0.15, 0.2) is 5.11 Å². The summed E-state index contributed by atoms with van der Waals surface area (Å²) in [7, 11) is 1.68. The molecule has 3 heterocycles. The van der Waals surface area contributed by atoms with E-state index in [2.05, 4.69) is 54.7 Å². The van der Waals surface area contributed by atoms with Gasteiger partial charge in [0.05, 0.1) is 24.9 Å². The summed E-state index contributed by atoms with van der Waals surface area (Å²) >= 11 is 11.0. The van der Waals surface area contributed by atoms with Gasteiger partial charge in [-0.05, 0) is 64.0 Å². The number of ether oxygens (including phenoxy) is 1. The highest BCUT2D eigenvalue weighted by Gasteiger charge is 2.40. The molecule has 0 aliphatic carbocycles. The SMILES string of the molecule is COc1ccc(CN2C(=S)N[C@@H](c3ccccn3)[C@@H]2c2cc(Br)cs2)cc1. The molecule has 1 fully saturated rings. The van der Waals surface area contributed by atoms with Crippen LogP contribution in [0.2, 0.25) is 0 Å². The quantitative estimate of drug-likeness (QED) is 0.537. The van der Waals surface area contributed by atoms with E-state index in [0.29, 0.717) is 0 Å². The van der Waals surface area contributed by atoms with Crippen molar-refractivity contribution in [3.8, 4) is 5.75 Å². The summed E-state index contributed by atoms with van der Waals surface area (Å²) in [5, 5.41) is 6.34. The molecular weight excluding hydrogens is 442 g/mol. The number of aromatic nitrogens is 1. The monoisotopic (exact) mass is 459 g/mol. The van der Waals surface area contributed by atoms with E-state index in [4.69, 9.17) is 17.0 Å². The Balaban J connectivity index is 1.68. The Morgan fingerprint density at radius 2 is 2.07 bits per heavy atom. The van der Waals surface area contributed by atoms with Crippen molar-refractivity contribution < 1.29 is 4.74 Å². The molecule has 0 spiro atoms. The molecule has 2 atom stereocenters. The van der Waals surface area contributed by atoms with Crippen LogP contribution in [0.15, 0.2) is 64.6 Å². The molecule has 1 aliphatic heterocycles. The number of thiophene rings is 1. The molecule has 0 amide bonds. The van der Waals surface area contributed by atoms with Gasteiger partial charge in [-0.25, -0.2) is 0 Å². The lowest BCUT2D eigenvalue weighted by atomic mass is 10.0. The van der Waals surface area contributed by atoms with Crippen molar-refractivity contribution in [1.82, 2.24) is 15.2 Å². The van der Waals surface area contributed by atoms with E-state index >= 15 is 0 Å². The fourth-order valence-electron chi connectivity index (χ4n) is 3.30. The van der Waals surface area contributed by atoms with Crippen molar-refractivity contribution >= 4 is 44.6 Å². The van der Waals surface area contributed by atoms with Gasteiger partial charge in [-0.1, -0.05) is 18.2 Å². The third-order valence-corrected chi connectivity index (χ3v) is 6.71. The summed E-state index contributed by atoms with van der Waals surface area (Å²) < 4.78 is 6.35. The van der Waals surface area contributed by atoms with E-state index in [9.17, 15) is 0 Å². The van der Waals surface area contributed by atoms with E-state index in [-0.39, 0.29) is 12.1 Å². The molecule has 7 heteroatoms. The minimum absolute atomic E-state index is 0.0162. The molecule has 0 unspecified atom stereocenters. The molecule has 4 rings (SSSR count). The Labute approximate surface area is 176 Å². The maximum atomic E-state index is 5.70. The Bertz CT molecular complexity index is 930. The highest BCUT2D eigenvalue weighted by molar-refractivity contribution is 9.10. The third kappa shape index (κ3) is 3.85. The van der Waals surface area contributed by atoms with E-state index in [1.54, 1.807) is 18.4 Å². The zero-order chi connectivity index (χ0) is 18.8. The van der Waals surface area contributed by atoms with Crippen molar-refractivity contribution in [2.24, 2.45) is 0 Å². The second-order valence-corrected chi connectivity index (χ2v) is 8.52. The average molecular weight is 460 g/mol. The Hall–Kier alpha value is -1.96. The van der Waals surface area contributed by atoms with Gasteiger partial charge in [0.2, 0.25) is 0 Å². The fourth-order valence-corrected chi connectivity index (χ4v) is 5.19. The number of benzene rings is 1. The third-order valence-electron chi connectivity index (χ3n) is 4.59. The van der Waals surface area contributed by atoms with Crippen molar-refractivity contribution in [3.63, 3.8) is 0 Å². The number of hydrogen-bond donors (Lipinski definition) is 1. The zero-order valence-electron chi connectivity index (χ0n) is 14.6. The highest BCUT2D eigenvalue weighted by atomic mass is 79.9. The van der Waals surface area contributed by atoms with Crippen LogP contribution in [0.5, 0.6) is 5.75 Å². The Morgan fingerprint density at radius 1 is 1.26 bits per heavy atom. The molecule has 1 aromatic carbocycles. The first-order chi connectivity index (χ1) is 13.2. The fraction of sp³-hybridized carbons (Fsp3) is 0.200. The molecule has 2 aromatic heterocycles. The number of nitrogens with zero attached hydrogens (tertiary/aromatic N) is 2. The van der Waals surface area contributed by atoms with E-state index < -0.39 is 0 Å². The number of hydrogen-bond acceptors (Lipinski definition) is 4. The zero-order valence-corrected chi connectivity index (χ0v) is 17.9. The van der Waals surface area contributed by atoms with Gasteiger partial charge in [0.25, 0.3) is 0 Å². The van der Waals surface area contributed by atoms with Crippen molar-refractivity contribution in [3.05, 3.63) is 80.7 Å². The molecule has 1 N–H and O–H groups in total. The number of thiocarbonyl (C=S) groups is 1. The summed E-state index contributed by atoms with van der Waals surface area (Å²) in [4.78, 5) is 8.06. The largest absolute Gasteiger partial charge is 0.497 e. The van der Waals surface area contributed by atoms with Gasteiger partial charge in [-0.3, -0.25) is 4.98 Å². The molecule has 138 valence electrons. The molecular formula is C20H18BrN3OS2. The predicted octanol–water partition coefficient (Wildman–Crippen LogP) is 5.09. The molecule has 4 nitrogen and oxygen atoms in total. The summed E-state index contributed by atoms with van der Waals surface area (Å²) in [6, 6.07) is 16.4. The molecule has 0 radical (unpaired) electrons. The van der Waals surface area contributed by atoms with E-state index in [0.717, 1.165) is 27.6 Å². The van der Waals surface area contributed by atoms with Crippen LogP contribution in [-0.4, -0.2) is 22.1 Å². The number of nitrogens with one attached hydrogen (secondary N) is 1. The molecule has 1 aliphatic rings. The average Bonchev–Trinajstić information content (AvgIpc) is 3.26.